The van der Waals surface area contributed by atoms with Crippen molar-refractivity contribution in [3.05, 3.63) is 0 Å². The van der Waals surface area contributed by atoms with Gasteiger partial charge in [0.1, 0.15) is 5.54 Å². The molecule has 0 saturated heterocycles. The minimum absolute atomic E-state index is 0.0282. The van der Waals surface area contributed by atoms with Gasteiger partial charge in [0.05, 0.1) is 12.2 Å². The van der Waals surface area contributed by atoms with Gasteiger partial charge in [0.15, 0.2) is 0 Å². The zero-order valence-electron chi connectivity index (χ0n) is 12.1. The zero-order valence-corrected chi connectivity index (χ0v) is 12.1. The Kier molecular flexibility index (Phi) is 4.51. The number of ether oxygens (including phenoxy) is 1. The van der Waals surface area contributed by atoms with Crippen LogP contribution in [0.15, 0.2) is 0 Å². The van der Waals surface area contributed by atoms with Gasteiger partial charge in [0.25, 0.3) is 0 Å². The predicted molar refractivity (Wildman–Crippen MR) is 73.9 cm³/mol. The van der Waals surface area contributed by atoms with Gasteiger partial charge in [-0.2, -0.15) is 0 Å². The molecular weight excluding hydrogens is 242 g/mol. The first-order valence-corrected chi connectivity index (χ1v) is 7.58. The number of carboxylic acids is 1. The van der Waals surface area contributed by atoms with E-state index < -0.39 is 11.5 Å². The molecule has 4 heteroatoms. The van der Waals surface area contributed by atoms with Crippen LogP contribution in [0.5, 0.6) is 0 Å². The smallest absolute Gasteiger partial charge is 0.323 e. The molecule has 3 N–H and O–H groups in total. The van der Waals surface area contributed by atoms with Crippen LogP contribution >= 0.6 is 0 Å². The van der Waals surface area contributed by atoms with Crippen LogP contribution in [-0.2, 0) is 9.53 Å². The Bertz CT molecular complexity index is 333. The first kappa shape index (κ1) is 14.8. The van der Waals surface area contributed by atoms with Gasteiger partial charge in [-0.3, -0.25) is 4.79 Å². The number of carbonyl (C=O) groups is 1. The van der Waals surface area contributed by atoms with Crippen LogP contribution in [0.3, 0.4) is 0 Å². The standard InChI is InChI=1S/C15H27NO3/c1-10-5-6-12(8-11(10)2)19-13-4-3-7-15(16,9-13)14(17)18/h10-13H,3-9,16H2,1-2H3,(H,17,18). The van der Waals surface area contributed by atoms with E-state index in [1.807, 2.05) is 0 Å². The summed E-state index contributed by atoms with van der Waals surface area (Å²) in [4.78, 5) is 11.2. The molecule has 0 aromatic rings. The highest BCUT2D eigenvalue weighted by atomic mass is 16.5. The van der Waals surface area contributed by atoms with Crippen molar-refractivity contribution in [3.8, 4) is 0 Å². The molecule has 4 nitrogen and oxygen atoms in total. The quantitative estimate of drug-likeness (QED) is 0.826. The number of hydrogen-bond acceptors (Lipinski definition) is 3. The van der Waals surface area contributed by atoms with Crippen molar-refractivity contribution in [3.63, 3.8) is 0 Å². The van der Waals surface area contributed by atoms with Crippen LogP contribution < -0.4 is 5.73 Å². The lowest BCUT2D eigenvalue weighted by atomic mass is 9.79. The molecule has 0 aliphatic heterocycles. The second-order valence-electron chi connectivity index (χ2n) is 6.71. The van der Waals surface area contributed by atoms with Crippen LogP contribution in [0.25, 0.3) is 0 Å². The summed E-state index contributed by atoms with van der Waals surface area (Å²) in [5.41, 5.74) is 4.89. The Morgan fingerprint density at radius 3 is 2.58 bits per heavy atom. The van der Waals surface area contributed by atoms with Gasteiger partial charge in [-0.25, -0.2) is 0 Å². The molecule has 0 aromatic carbocycles. The second kappa shape index (κ2) is 5.80. The number of aliphatic carboxylic acids is 1. The molecule has 5 unspecified atom stereocenters. The van der Waals surface area contributed by atoms with Crippen LogP contribution in [0.1, 0.15) is 58.8 Å². The summed E-state index contributed by atoms with van der Waals surface area (Å²) in [5, 5.41) is 9.22. The molecule has 0 bridgehead atoms. The summed E-state index contributed by atoms with van der Waals surface area (Å²) in [5.74, 6) is 0.592. The van der Waals surface area contributed by atoms with Gasteiger partial charge in [-0.05, 0) is 50.4 Å². The minimum Gasteiger partial charge on any atom is -0.480 e. The summed E-state index contributed by atoms with van der Waals surface area (Å²) in [6, 6.07) is 0. The largest absolute Gasteiger partial charge is 0.480 e. The van der Waals surface area contributed by atoms with Crippen molar-refractivity contribution in [2.24, 2.45) is 17.6 Å². The van der Waals surface area contributed by atoms with Crippen LogP contribution in [0.4, 0.5) is 0 Å². The molecule has 5 atom stereocenters. The molecule has 2 saturated carbocycles. The van der Waals surface area contributed by atoms with Gasteiger partial charge >= 0.3 is 5.97 Å². The highest BCUT2D eigenvalue weighted by Crippen LogP contribution is 2.35. The Hall–Kier alpha value is -0.610. The average Bonchev–Trinajstić information content (AvgIpc) is 2.34. The topological polar surface area (TPSA) is 72.5 Å². The lowest BCUT2D eigenvalue weighted by molar-refractivity contribution is -0.148. The fraction of sp³-hybridized carbons (Fsp3) is 0.933. The molecule has 0 spiro atoms. The monoisotopic (exact) mass is 269 g/mol. The fourth-order valence-corrected chi connectivity index (χ4v) is 3.46. The summed E-state index contributed by atoms with van der Waals surface area (Å²) in [7, 11) is 0. The van der Waals surface area contributed by atoms with E-state index in [9.17, 15) is 9.90 Å². The summed E-state index contributed by atoms with van der Waals surface area (Å²) < 4.78 is 6.15. The molecule has 110 valence electrons. The van der Waals surface area contributed by atoms with Crippen molar-refractivity contribution in [2.75, 3.05) is 0 Å². The van der Waals surface area contributed by atoms with Crippen molar-refractivity contribution >= 4 is 5.97 Å². The van der Waals surface area contributed by atoms with Crippen molar-refractivity contribution in [1.82, 2.24) is 0 Å². The third-order valence-corrected chi connectivity index (χ3v) is 5.10. The highest BCUT2D eigenvalue weighted by Gasteiger charge is 2.40. The summed E-state index contributed by atoms with van der Waals surface area (Å²) in [6.45, 7) is 4.59. The molecule has 2 fully saturated rings. The second-order valence-corrected chi connectivity index (χ2v) is 6.71. The fourth-order valence-electron chi connectivity index (χ4n) is 3.46. The third-order valence-electron chi connectivity index (χ3n) is 5.10. The van der Waals surface area contributed by atoms with Crippen LogP contribution in [0.2, 0.25) is 0 Å². The van der Waals surface area contributed by atoms with E-state index in [-0.39, 0.29) is 6.10 Å². The minimum atomic E-state index is -1.07. The normalized spacial score (nSPS) is 43.9. The molecule has 0 aromatic heterocycles. The maximum Gasteiger partial charge on any atom is 0.323 e. The van der Waals surface area contributed by atoms with Crippen molar-refractivity contribution < 1.29 is 14.6 Å². The highest BCUT2D eigenvalue weighted by molar-refractivity contribution is 5.78. The SMILES string of the molecule is CC1CCC(OC2CCCC(N)(C(=O)O)C2)CC1C. The van der Waals surface area contributed by atoms with Gasteiger partial charge in [-0.15, -0.1) is 0 Å². The molecule has 0 amide bonds. The number of hydrogen-bond donors (Lipinski definition) is 2. The zero-order chi connectivity index (χ0) is 14.0. The molecule has 19 heavy (non-hydrogen) atoms. The third kappa shape index (κ3) is 3.48. The summed E-state index contributed by atoms with van der Waals surface area (Å²) in [6.07, 6.45) is 6.58. The van der Waals surface area contributed by atoms with Gasteiger partial charge in [0.2, 0.25) is 0 Å². The number of carboxylic acid groups (broad SMARTS) is 1. The van der Waals surface area contributed by atoms with Gasteiger partial charge < -0.3 is 15.6 Å². The molecule has 2 aliphatic rings. The lowest BCUT2D eigenvalue weighted by Crippen LogP contribution is -2.53. The maximum absolute atomic E-state index is 11.2. The maximum atomic E-state index is 11.2. The Morgan fingerprint density at radius 1 is 1.21 bits per heavy atom. The predicted octanol–water partition coefficient (Wildman–Crippen LogP) is 2.55. The number of rotatable bonds is 3. The molecular formula is C15H27NO3. The van der Waals surface area contributed by atoms with Crippen molar-refractivity contribution in [2.45, 2.75) is 76.5 Å². The van der Waals surface area contributed by atoms with Gasteiger partial charge in [-0.1, -0.05) is 13.8 Å². The number of nitrogens with two attached hydrogens (primary N) is 1. The van der Waals surface area contributed by atoms with Gasteiger partial charge in [0, 0.05) is 6.42 Å². The lowest BCUT2D eigenvalue weighted by Gasteiger charge is -2.39. The Labute approximate surface area is 115 Å². The van der Waals surface area contributed by atoms with E-state index in [1.165, 1.54) is 6.42 Å². The molecule has 2 rings (SSSR count). The van der Waals surface area contributed by atoms with E-state index in [2.05, 4.69) is 13.8 Å². The van der Waals surface area contributed by atoms with Crippen LogP contribution in [-0.4, -0.2) is 28.8 Å². The van der Waals surface area contributed by atoms with E-state index >= 15 is 0 Å². The average molecular weight is 269 g/mol. The molecule has 2 aliphatic carbocycles. The van der Waals surface area contributed by atoms with E-state index in [1.54, 1.807) is 0 Å². The van der Waals surface area contributed by atoms with E-state index in [0.717, 1.165) is 31.6 Å². The Morgan fingerprint density at radius 2 is 1.95 bits per heavy atom. The molecule has 0 heterocycles. The van der Waals surface area contributed by atoms with Crippen molar-refractivity contribution in [1.29, 1.82) is 0 Å². The molecule has 0 radical (unpaired) electrons. The van der Waals surface area contributed by atoms with E-state index in [4.69, 9.17) is 10.5 Å². The Balaban J connectivity index is 1.87. The van der Waals surface area contributed by atoms with Crippen LogP contribution in [0, 0.1) is 11.8 Å². The first-order valence-electron chi connectivity index (χ1n) is 7.58. The first-order chi connectivity index (χ1) is 8.90. The summed E-state index contributed by atoms with van der Waals surface area (Å²) >= 11 is 0. The van der Waals surface area contributed by atoms with E-state index in [0.29, 0.717) is 24.9 Å².